The number of nitriles is 1. The molecule has 0 aliphatic heterocycles. The molecule has 0 fully saturated rings. The molecule has 0 amide bonds. The zero-order valence-electron chi connectivity index (χ0n) is 7.30. The SMILES string of the molecule is N#CCCn1ncc2occc2c1=O. The van der Waals surface area contributed by atoms with Crippen LogP contribution in [0.5, 0.6) is 0 Å². The maximum atomic E-state index is 11.6. The van der Waals surface area contributed by atoms with Gasteiger partial charge in [0.25, 0.3) is 5.56 Å². The summed E-state index contributed by atoms with van der Waals surface area (Å²) in [6.45, 7) is 0.316. The topological polar surface area (TPSA) is 71.8 Å². The fourth-order valence-electron chi connectivity index (χ4n) is 1.23. The highest BCUT2D eigenvalue weighted by atomic mass is 16.3. The van der Waals surface area contributed by atoms with Gasteiger partial charge >= 0.3 is 0 Å². The molecule has 0 aromatic carbocycles. The molecule has 0 unspecified atom stereocenters. The summed E-state index contributed by atoms with van der Waals surface area (Å²) in [6, 6.07) is 3.56. The number of fused-ring (bicyclic) bond motifs is 1. The van der Waals surface area contributed by atoms with Gasteiger partial charge < -0.3 is 4.42 Å². The van der Waals surface area contributed by atoms with Crippen LogP contribution < -0.4 is 5.56 Å². The van der Waals surface area contributed by atoms with E-state index < -0.39 is 0 Å². The molecule has 70 valence electrons. The Morgan fingerprint density at radius 1 is 1.64 bits per heavy atom. The molecule has 2 heterocycles. The largest absolute Gasteiger partial charge is 0.462 e. The molecular weight excluding hydrogens is 182 g/mol. The van der Waals surface area contributed by atoms with Crippen molar-refractivity contribution in [3.05, 3.63) is 28.9 Å². The normalized spacial score (nSPS) is 10.2. The second kappa shape index (κ2) is 3.34. The third-order valence-electron chi connectivity index (χ3n) is 1.91. The van der Waals surface area contributed by atoms with Crippen molar-refractivity contribution in [1.82, 2.24) is 9.78 Å². The molecule has 2 rings (SSSR count). The number of hydrogen-bond acceptors (Lipinski definition) is 4. The second-order valence-electron chi connectivity index (χ2n) is 2.78. The number of aryl methyl sites for hydroxylation is 1. The highest BCUT2D eigenvalue weighted by molar-refractivity contribution is 5.74. The van der Waals surface area contributed by atoms with Gasteiger partial charge in [0.15, 0.2) is 5.58 Å². The minimum Gasteiger partial charge on any atom is -0.462 e. The van der Waals surface area contributed by atoms with Crippen molar-refractivity contribution < 1.29 is 4.42 Å². The minimum atomic E-state index is -0.216. The van der Waals surface area contributed by atoms with Crippen molar-refractivity contribution in [2.75, 3.05) is 0 Å². The Morgan fingerprint density at radius 3 is 3.29 bits per heavy atom. The Bertz CT molecular complexity index is 547. The number of nitrogens with zero attached hydrogens (tertiary/aromatic N) is 3. The van der Waals surface area contributed by atoms with Gasteiger partial charge in [-0.25, -0.2) is 4.68 Å². The third-order valence-corrected chi connectivity index (χ3v) is 1.91. The standard InChI is InChI=1S/C9H7N3O2/c10-3-1-4-12-9(13)7-2-5-14-8(7)6-11-12/h2,5-6H,1,4H2. The number of aromatic nitrogens is 2. The first-order valence-corrected chi connectivity index (χ1v) is 4.13. The molecule has 0 spiro atoms. The van der Waals surface area contributed by atoms with E-state index in [0.29, 0.717) is 17.5 Å². The van der Waals surface area contributed by atoms with Crippen LogP contribution in [0.1, 0.15) is 6.42 Å². The van der Waals surface area contributed by atoms with Gasteiger partial charge in [-0.05, 0) is 6.07 Å². The van der Waals surface area contributed by atoms with E-state index in [1.54, 1.807) is 6.07 Å². The monoisotopic (exact) mass is 189 g/mol. The van der Waals surface area contributed by atoms with E-state index in [-0.39, 0.29) is 12.0 Å². The molecular formula is C9H7N3O2. The van der Waals surface area contributed by atoms with Crippen LogP contribution in [0, 0.1) is 11.3 Å². The maximum absolute atomic E-state index is 11.6. The molecule has 14 heavy (non-hydrogen) atoms. The molecule has 0 N–H and O–H groups in total. The van der Waals surface area contributed by atoms with E-state index in [0.717, 1.165) is 0 Å². The Kier molecular flexibility index (Phi) is 2.03. The average Bonchev–Trinajstić information content (AvgIpc) is 2.66. The van der Waals surface area contributed by atoms with E-state index in [2.05, 4.69) is 5.10 Å². The summed E-state index contributed by atoms with van der Waals surface area (Å²) in [6.07, 6.45) is 3.20. The first-order chi connectivity index (χ1) is 6.83. The number of furan rings is 1. The Balaban J connectivity index is 2.52. The van der Waals surface area contributed by atoms with Gasteiger partial charge in [0, 0.05) is 0 Å². The van der Waals surface area contributed by atoms with Crippen LogP contribution in [0.2, 0.25) is 0 Å². The summed E-state index contributed by atoms with van der Waals surface area (Å²) < 4.78 is 6.28. The van der Waals surface area contributed by atoms with Gasteiger partial charge in [-0.3, -0.25) is 4.79 Å². The Labute approximate surface area is 79.2 Å². The quantitative estimate of drug-likeness (QED) is 0.703. The average molecular weight is 189 g/mol. The lowest BCUT2D eigenvalue weighted by molar-refractivity contribution is 0.577. The lowest BCUT2D eigenvalue weighted by Gasteiger charge is -1.98. The van der Waals surface area contributed by atoms with Gasteiger partial charge in [0.05, 0.1) is 36.9 Å². The van der Waals surface area contributed by atoms with Crippen LogP contribution in [-0.2, 0) is 6.54 Å². The first-order valence-electron chi connectivity index (χ1n) is 4.13. The molecule has 0 bridgehead atoms. The van der Waals surface area contributed by atoms with Gasteiger partial charge in [-0.1, -0.05) is 0 Å². The van der Waals surface area contributed by atoms with Crippen molar-refractivity contribution in [1.29, 1.82) is 5.26 Å². The third kappa shape index (κ3) is 1.27. The summed E-state index contributed by atoms with van der Waals surface area (Å²) in [4.78, 5) is 11.6. The molecule has 0 saturated carbocycles. The Hall–Kier alpha value is -2.09. The predicted octanol–water partition coefficient (Wildman–Crippen LogP) is 0.903. The van der Waals surface area contributed by atoms with Crippen LogP contribution in [0.25, 0.3) is 11.0 Å². The highest BCUT2D eigenvalue weighted by Crippen LogP contribution is 2.07. The zero-order chi connectivity index (χ0) is 9.97. The molecule has 0 atom stereocenters. The second-order valence-corrected chi connectivity index (χ2v) is 2.78. The summed E-state index contributed by atoms with van der Waals surface area (Å²) >= 11 is 0. The summed E-state index contributed by atoms with van der Waals surface area (Å²) in [7, 11) is 0. The van der Waals surface area contributed by atoms with Crippen molar-refractivity contribution in [3.8, 4) is 6.07 Å². The molecule has 5 heteroatoms. The van der Waals surface area contributed by atoms with Crippen molar-refractivity contribution in [2.45, 2.75) is 13.0 Å². The minimum absolute atomic E-state index is 0.216. The van der Waals surface area contributed by atoms with Gasteiger partial charge in [-0.2, -0.15) is 10.4 Å². The molecule has 0 aliphatic rings. The fourth-order valence-corrected chi connectivity index (χ4v) is 1.23. The smallest absolute Gasteiger partial charge is 0.277 e. The fraction of sp³-hybridized carbons (Fsp3) is 0.222. The maximum Gasteiger partial charge on any atom is 0.277 e. The lowest BCUT2D eigenvalue weighted by atomic mass is 10.3. The number of hydrogen-bond donors (Lipinski definition) is 0. The van der Waals surface area contributed by atoms with Crippen LogP contribution in [0.3, 0.4) is 0 Å². The molecule has 0 saturated heterocycles. The molecule has 5 nitrogen and oxygen atoms in total. The van der Waals surface area contributed by atoms with Crippen LogP contribution in [-0.4, -0.2) is 9.78 Å². The van der Waals surface area contributed by atoms with Gasteiger partial charge in [0.1, 0.15) is 0 Å². The van der Waals surface area contributed by atoms with Crippen molar-refractivity contribution in [2.24, 2.45) is 0 Å². The molecule has 0 aliphatic carbocycles. The zero-order valence-corrected chi connectivity index (χ0v) is 7.30. The molecule has 2 aromatic heterocycles. The number of rotatable bonds is 2. The van der Waals surface area contributed by atoms with Crippen LogP contribution >= 0.6 is 0 Å². The molecule has 0 radical (unpaired) electrons. The van der Waals surface area contributed by atoms with E-state index in [1.807, 2.05) is 6.07 Å². The summed E-state index contributed by atoms with van der Waals surface area (Å²) in [5.74, 6) is 0. The predicted molar refractivity (Wildman–Crippen MR) is 48.5 cm³/mol. The lowest BCUT2D eigenvalue weighted by Crippen LogP contribution is -2.22. The summed E-state index contributed by atoms with van der Waals surface area (Å²) in [5, 5.41) is 12.8. The highest BCUT2D eigenvalue weighted by Gasteiger charge is 2.05. The van der Waals surface area contributed by atoms with Crippen LogP contribution in [0.4, 0.5) is 0 Å². The van der Waals surface area contributed by atoms with Gasteiger partial charge in [0.2, 0.25) is 0 Å². The van der Waals surface area contributed by atoms with Gasteiger partial charge in [-0.15, -0.1) is 0 Å². The van der Waals surface area contributed by atoms with E-state index in [1.165, 1.54) is 17.1 Å². The van der Waals surface area contributed by atoms with Crippen molar-refractivity contribution >= 4 is 11.0 Å². The van der Waals surface area contributed by atoms with E-state index >= 15 is 0 Å². The van der Waals surface area contributed by atoms with E-state index in [4.69, 9.17) is 9.68 Å². The molecule has 2 aromatic rings. The Morgan fingerprint density at radius 2 is 2.50 bits per heavy atom. The van der Waals surface area contributed by atoms with Crippen LogP contribution in [0.15, 0.2) is 27.7 Å². The summed E-state index contributed by atoms with van der Waals surface area (Å²) in [5.41, 5.74) is 0.259. The van der Waals surface area contributed by atoms with E-state index in [9.17, 15) is 4.79 Å². The first kappa shape index (κ1) is 8.51. The van der Waals surface area contributed by atoms with Crippen molar-refractivity contribution in [3.63, 3.8) is 0 Å².